The summed E-state index contributed by atoms with van der Waals surface area (Å²) >= 11 is 9.56. The predicted octanol–water partition coefficient (Wildman–Crippen LogP) is 4.28. The topological polar surface area (TPSA) is 47.3 Å². The Balaban J connectivity index is 2.53. The molecule has 2 aromatic rings. The lowest BCUT2D eigenvalue weighted by Crippen LogP contribution is -2.29. The number of ether oxygens (including phenoxy) is 1. The SMILES string of the molecule is COc1cc(C)c(C(NN)c2ccc(Cl)cc2Br)cc1C. The van der Waals surface area contributed by atoms with Gasteiger partial charge in [-0.2, -0.15) is 0 Å². The van der Waals surface area contributed by atoms with Crippen molar-refractivity contribution in [3.8, 4) is 5.75 Å². The molecule has 0 aromatic heterocycles. The van der Waals surface area contributed by atoms with E-state index >= 15 is 0 Å². The Labute approximate surface area is 138 Å². The van der Waals surface area contributed by atoms with Gasteiger partial charge in [0.15, 0.2) is 0 Å². The first-order chi connectivity index (χ1) is 9.97. The van der Waals surface area contributed by atoms with Crippen LogP contribution in [0.25, 0.3) is 0 Å². The molecule has 0 aliphatic rings. The van der Waals surface area contributed by atoms with Gasteiger partial charge in [-0.15, -0.1) is 0 Å². The largest absolute Gasteiger partial charge is 0.496 e. The van der Waals surface area contributed by atoms with Gasteiger partial charge in [0.25, 0.3) is 0 Å². The van der Waals surface area contributed by atoms with E-state index in [1.807, 2.05) is 38.1 Å². The first-order valence-electron chi connectivity index (χ1n) is 6.54. The maximum Gasteiger partial charge on any atom is 0.122 e. The first-order valence-corrected chi connectivity index (χ1v) is 7.71. The van der Waals surface area contributed by atoms with Crippen molar-refractivity contribution in [2.45, 2.75) is 19.9 Å². The van der Waals surface area contributed by atoms with Crippen molar-refractivity contribution >= 4 is 27.5 Å². The molecular formula is C16H18BrClN2O. The Hall–Kier alpha value is -1.07. The average Bonchev–Trinajstić information content (AvgIpc) is 2.45. The van der Waals surface area contributed by atoms with E-state index in [0.29, 0.717) is 5.02 Å². The molecule has 21 heavy (non-hydrogen) atoms. The maximum atomic E-state index is 6.01. The van der Waals surface area contributed by atoms with E-state index < -0.39 is 0 Å². The van der Waals surface area contributed by atoms with Crippen LogP contribution < -0.4 is 16.0 Å². The highest BCUT2D eigenvalue weighted by Gasteiger charge is 2.19. The van der Waals surface area contributed by atoms with Crippen molar-refractivity contribution in [1.29, 1.82) is 0 Å². The zero-order chi connectivity index (χ0) is 15.6. The maximum absolute atomic E-state index is 6.01. The second-order valence-corrected chi connectivity index (χ2v) is 6.23. The number of hydrogen-bond acceptors (Lipinski definition) is 3. The molecule has 0 heterocycles. The summed E-state index contributed by atoms with van der Waals surface area (Å²) in [6.45, 7) is 4.07. The number of halogens is 2. The van der Waals surface area contributed by atoms with Crippen molar-refractivity contribution in [3.05, 3.63) is 62.1 Å². The summed E-state index contributed by atoms with van der Waals surface area (Å²) in [5.41, 5.74) is 7.22. The molecule has 1 atom stereocenters. The molecule has 0 bridgehead atoms. The highest BCUT2D eigenvalue weighted by Crippen LogP contribution is 2.34. The van der Waals surface area contributed by atoms with Gasteiger partial charge in [0.1, 0.15) is 5.75 Å². The molecule has 2 aromatic carbocycles. The minimum absolute atomic E-state index is 0.124. The van der Waals surface area contributed by atoms with E-state index in [9.17, 15) is 0 Å². The summed E-state index contributed by atoms with van der Waals surface area (Å²) in [4.78, 5) is 0. The third-order valence-corrected chi connectivity index (χ3v) is 4.46. The molecule has 0 saturated carbocycles. The molecule has 0 aliphatic carbocycles. The Morgan fingerprint density at radius 1 is 1.14 bits per heavy atom. The predicted molar refractivity (Wildman–Crippen MR) is 90.8 cm³/mol. The van der Waals surface area contributed by atoms with Gasteiger partial charge < -0.3 is 4.74 Å². The van der Waals surface area contributed by atoms with E-state index in [4.69, 9.17) is 22.2 Å². The number of hydrazine groups is 1. The van der Waals surface area contributed by atoms with Gasteiger partial charge >= 0.3 is 0 Å². The van der Waals surface area contributed by atoms with Gasteiger partial charge in [-0.25, -0.2) is 5.43 Å². The number of nitrogens with one attached hydrogen (secondary N) is 1. The normalized spacial score (nSPS) is 12.3. The van der Waals surface area contributed by atoms with Gasteiger partial charge in [0.05, 0.1) is 13.2 Å². The lowest BCUT2D eigenvalue weighted by Gasteiger charge is -2.22. The van der Waals surface area contributed by atoms with Crippen LogP contribution in [0, 0.1) is 13.8 Å². The molecular weight excluding hydrogens is 352 g/mol. The van der Waals surface area contributed by atoms with Crippen molar-refractivity contribution in [2.24, 2.45) is 5.84 Å². The molecule has 2 rings (SSSR count). The number of aryl methyl sites for hydroxylation is 2. The lowest BCUT2D eigenvalue weighted by molar-refractivity contribution is 0.411. The third-order valence-electron chi connectivity index (χ3n) is 3.53. The van der Waals surface area contributed by atoms with E-state index in [1.165, 1.54) is 0 Å². The summed E-state index contributed by atoms with van der Waals surface area (Å²) in [5.74, 6) is 6.68. The second kappa shape index (κ2) is 6.79. The standard InChI is InChI=1S/C16H18BrClN2O/c1-9-7-15(21-3)10(2)6-13(9)16(20-19)12-5-4-11(18)8-14(12)17/h4-8,16,20H,19H2,1-3H3. The van der Waals surface area contributed by atoms with E-state index in [-0.39, 0.29) is 6.04 Å². The highest BCUT2D eigenvalue weighted by atomic mass is 79.9. The Morgan fingerprint density at radius 3 is 2.43 bits per heavy atom. The van der Waals surface area contributed by atoms with E-state index in [2.05, 4.69) is 27.4 Å². The monoisotopic (exact) mass is 368 g/mol. The zero-order valence-corrected chi connectivity index (χ0v) is 14.5. The zero-order valence-electron chi connectivity index (χ0n) is 12.2. The fourth-order valence-corrected chi connectivity index (χ4v) is 3.34. The van der Waals surface area contributed by atoms with Crippen LogP contribution >= 0.6 is 27.5 Å². The second-order valence-electron chi connectivity index (χ2n) is 4.94. The van der Waals surface area contributed by atoms with E-state index in [1.54, 1.807) is 7.11 Å². The molecule has 0 aliphatic heterocycles. The van der Waals surface area contributed by atoms with Gasteiger partial charge in [0.2, 0.25) is 0 Å². The third kappa shape index (κ3) is 3.40. The molecule has 3 nitrogen and oxygen atoms in total. The molecule has 5 heteroatoms. The van der Waals surface area contributed by atoms with Gasteiger partial charge in [-0.05, 0) is 54.3 Å². The quantitative estimate of drug-likeness (QED) is 0.624. The summed E-state index contributed by atoms with van der Waals surface area (Å²) in [6, 6.07) is 9.69. The Bertz CT molecular complexity index is 661. The summed E-state index contributed by atoms with van der Waals surface area (Å²) < 4.78 is 6.28. The summed E-state index contributed by atoms with van der Waals surface area (Å²) in [5, 5.41) is 0.684. The highest BCUT2D eigenvalue weighted by molar-refractivity contribution is 9.10. The number of hydrogen-bond donors (Lipinski definition) is 2. The first kappa shape index (κ1) is 16.3. The summed E-state index contributed by atoms with van der Waals surface area (Å²) in [7, 11) is 1.68. The van der Waals surface area contributed by atoms with Crippen LogP contribution in [0.15, 0.2) is 34.8 Å². The number of benzene rings is 2. The average molecular weight is 370 g/mol. The van der Waals surface area contributed by atoms with Crippen LogP contribution in [0.4, 0.5) is 0 Å². The van der Waals surface area contributed by atoms with Gasteiger partial charge in [-0.1, -0.05) is 39.7 Å². The van der Waals surface area contributed by atoms with Crippen LogP contribution in [-0.4, -0.2) is 7.11 Å². The Kier molecular flexibility index (Phi) is 5.27. The molecule has 0 amide bonds. The van der Waals surface area contributed by atoms with Crippen molar-refractivity contribution in [1.82, 2.24) is 5.43 Å². The molecule has 0 spiro atoms. The van der Waals surface area contributed by atoms with Crippen molar-refractivity contribution in [3.63, 3.8) is 0 Å². The molecule has 0 saturated heterocycles. The molecule has 1 unspecified atom stereocenters. The minimum atomic E-state index is -0.124. The Morgan fingerprint density at radius 2 is 1.86 bits per heavy atom. The van der Waals surface area contributed by atoms with E-state index in [0.717, 1.165) is 32.5 Å². The molecule has 3 N–H and O–H groups in total. The molecule has 112 valence electrons. The molecule has 0 radical (unpaired) electrons. The number of nitrogens with two attached hydrogens (primary N) is 1. The van der Waals surface area contributed by atoms with Crippen LogP contribution in [0.3, 0.4) is 0 Å². The minimum Gasteiger partial charge on any atom is -0.496 e. The van der Waals surface area contributed by atoms with Crippen molar-refractivity contribution in [2.75, 3.05) is 7.11 Å². The van der Waals surface area contributed by atoms with Crippen LogP contribution in [-0.2, 0) is 0 Å². The van der Waals surface area contributed by atoms with Crippen LogP contribution in [0.2, 0.25) is 5.02 Å². The summed E-state index contributed by atoms with van der Waals surface area (Å²) in [6.07, 6.45) is 0. The van der Waals surface area contributed by atoms with Crippen LogP contribution in [0.1, 0.15) is 28.3 Å². The van der Waals surface area contributed by atoms with Gasteiger partial charge in [-0.3, -0.25) is 5.84 Å². The van der Waals surface area contributed by atoms with Gasteiger partial charge in [0, 0.05) is 9.50 Å². The smallest absolute Gasteiger partial charge is 0.122 e. The number of methoxy groups -OCH3 is 1. The number of rotatable bonds is 4. The molecule has 0 fully saturated rings. The van der Waals surface area contributed by atoms with Crippen molar-refractivity contribution < 1.29 is 4.74 Å². The lowest BCUT2D eigenvalue weighted by atomic mass is 9.93. The fraction of sp³-hybridized carbons (Fsp3) is 0.250. The van der Waals surface area contributed by atoms with Crippen LogP contribution in [0.5, 0.6) is 5.75 Å². The fourth-order valence-electron chi connectivity index (χ4n) is 2.43.